The lowest BCUT2D eigenvalue weighted by Gasteiger charge is -2.32. The molecule has 1 aromatic carbocycles. The third-order valence-electron chi connectivity index (χ3n) is 4.04. The SMILES string of the molecule is CNC(C)c1c(F)cccc1N1CCc2sccc2C1. The number of benzene rings is 1. The topological polar surface area (TPSA) is 15.3 Å². The molecule has 20 heavy (non-hydrogen) atoms. The number of thiophene rings is 1. The number of anilines is 1. The summed E-state index contributed by atoms with van der Waals surface area (Å²) < 4.78 is 14.2. The Hall–Kier alpha value is -1.39. The molecule has 0 radical (unpaired) electrons. The molecule has 2 aromatic rings. The minimum atomic E-state index is -0.125. The zero-order valence-corrected chi connectivity index (χ0v) is 12.6. The van der Waals surface area contributed by atoms with Gasteiger partial charge in [0, 0.05) is 35.3 Å². The van der Waals surface area contributed by atoms with Crippen LogP contribution in [0.5, 0.6) is 0 Å². The lowest BCUT2D eigenvalue weighted by Crippen LogP contribution is -2.31. The van der Waals surface area contributed by atoms with Gasteiger partial charge in [-0.2, -0.15) is 0 Å². The van der Waals surface area contributed by atoms with E-state index in [0.29, 0.717) is 0 Å². The maximum atomic E-state index is 14.2. The van der Waals surface area contributed by atoms with Gasteiger partial charge in [-0.1, -0.05) is 6.07 Å². The first-order valence-corrected chi connectivity index (χ1v) is 7.84. The summed E-state index contributed by atoms with van der Waals surface area (Å²) >= 11 is 1.83. The number of halogens is 1. The number of rotatable bonds is 3. The van der Waals surface area contributed by atoms with Crippen molar-refractivity contribution >= 4 is 17.0 Å². The maximum absolute atomic E-state index is 14.2. The van der Waals surface area contributed by atoms with Gasteiger partial charge in [0.25, 0.3) is 0 Å². The van der Waals surface area contributed by atoms with Gasteiger partial charge < -0.3 is 10.2 Å². The van der Waals surface area contributed by atoms with E-state index >= 15 is 0 Å². The third-order valence-corrected chi connectivity index (χ3v) is 5.07. The summed E-state index contributed by atoms with van der Waals surface area (Å²) in [6.07, 6.45) is 1.05. The third kappa shape index (κ3) is 2.34. The van der Waals surface area contributed by atoms with Gasteiger partial charge in [-0.15, -0.1) is 11.3 Å². The first kappa shape index (κ1) is 13.6. The molecule has 4 heteroatoms. The van der Waals surface area contributed by atoms with Crippen molar-refractivity contribution in [1.29, 1.82) is 0 Å². The zero-order chi connectivity index (χ0) is 14.1. The summed E-state index contributed by atoms with van der Waals surface area (Å²) in [6.45, 7) is 3.84. The van der Waals surface area contributed by atoms with Crippen LogP contribution in [0.2, 0.25) is 0 Å². The van der Waals surface area contributed by atoms with E-state index in [0.717, 1.165) is 30.8 Å². The van der Waals surface area contributed by atoms with E-state index in [4.69, 9.17) is 0 Å². The molecule has 1 unspecified atom stereocenters. The summed E-state index contributed by atoms with van der Waals surface area (Å²) in [7, 11) is 1.87. The zero-order valence-electron chi connectivity index (χ0n) is 11.8. The van der Waals surface area contributed by atoms with Crippen LogP contribution >= 0.6 is 11.3 Å². The predicted octanol–water partition coefficient (Wildman–Crippen LogP) is 3.73. The largest absolute Gasteiger partial charge is 0.366 e. The molecule has 0 fully saturated rings. The molecule has 0 bridgehead atoms. The summed E-state index contributed by atoms with van der Waals surface area (Å²) in [5.74, 6) is -0.125. The highest BCUT2D eigenvalue weighted by molar-refractivity contribution is 7.10. The minimum absolute atomic E-state index is 0.00933. The van der Waals surface area contributed by atoms with Crippen LogP contribution in [0.3, 0.4) is 0 Å². The van der Waals surface area contributed by atoms with E-state index in [1.807, 2.05) is 31.4 Å². The molecule has 0 amide bonds. The van der Waals surface area contributed by atoms with E-state index in [2.05, 4.69) is 21.7 Å². The smallest absolute Gasteiger partial charge is 0.130 e. The standard InChI is InChI=1S/C16H19FN2S/c1-11(18-2)16-13(17)4-3-5-14(16)19-8-6-15-12(10-19)7-9-20-15/h3-5,7,9,11,18H,6,8,10H2,1-2H3. The van der Waals surface area contributed by atoms with Crippen LogP contribution in [-0.4, -0.2) is 13.6 Å². The van der Waals surface area contributed by atoms with Crippen LogP contribution in [0, 0.1) is 5.82 Å². The van der Waals surface area contributed by atoms with Gasteiger partial charge in [-0.3, -0.25) is 0 Å². The molecule has 1 N–H and O–H groups in total. The van der Waals surface area contributed by atoms with Gasteiger partial charge in [0.1, 0.15) is 5.82 Å². The molecule has 1 atom stereocenters. The molecular formula is C16H19FN2S. The maximum Gasteiger partial charge on any atom is 0.130 e. The highest BCUT2D eigenvalue weighted by atomic mass is 32.1. The molecule has 3 rings (SSSR count). The molecule has 0 saturated heterocycles. The van der Waals surface area contributed by atoms with E-state index < -0.39 is 0 Å². The van der Waals surface area contributed by atoms with Crippen LogP contribution in [0.15, 0.2) is 29.6 Å². The average Bonchev–Trinajstić information content (AvgIpc) is 2.93. The Labute approximate surface area is 123 Å². The lowest BCUT2D eigenvalue weighted by molar-refractivity contribution is 0.558. The van der Waals surface area contributed by atoms with Crippen molar-refractivity contribution in [3.05, 3.63) is 51.5 Å². The monoisotopic (exact) mass is 290 g/mol. The van der Waals surface area contributed by atoms with Gasteiger partial charge in [-0.05, 0) is 49.5 Å². The van der Waals surface area contributed by atoms with Gasteiger partial charge in [0.2, 0.25) is 0 Å². The van der Waals surface area contributed by atoms with Crippen molar-refractivity contribution in [3.8, 4) is 0 Å². The second-order valence-electron chi connectivity index (χ2n) is 5.22. The highest BCUT2D eigenvalue weighted by Gasteiger charge is 2.22. The molecule has 0 spiro atoms. The Morgan fingerprint density at radius 3 is 3.00 bits per heavy atom. The number of nitrogens with zero attached hydrogens (tertiary/aromatic N) is 1. The Morgan fingerprint density at radius 1 is 1.35 bits per heavy atom. The average molecular weight is 290 g/mol. The molecule has 0 aliphatic carbocycles. The van der Waals surface area contributed by atoms with Crippen molar-refractivity contribution in [2.24, 2.45) is 0 Å². The van der Waals surface area contributed by atoms with Crippen LogP contribution in [0.4, 0.5) is 10.1 Å². The van der Waals surface area contributed by atoms with Crippen LogP contribution in [-0.2, 0) is 13.0 Å². The van der Waals surface area contributed by atoms with E-state index in [9.17, 15) is 4.39 Å². The Balaban J connectivity index is 1.97. The lowest BCUT2D eigenvalue weighted by atomic mass is 10.0. The summed E-state index contributed by atoms with van der Waals surface area (Å²) in [5, 5.41) is 5.30. The van der Waals surface area contributed by atoms with Crippen molar-refractivity contribution in [1.82, 2.24) is 5.32 Å². The van der Waals surface area contributed by atoms with Gasteiger partial charge in [-0.25, -0.2) is 4.39 Å². The van der Waals surface area contributed by atoms with Crippen molar-refractivity contribution in [3.63, 3.8) is 0 Å². The molecule has 0 saturated carbocycles. The van der Waals surface area contributed by atoms with Crippen LogP contribution in [0.25, 0.3) is 0 Å². The van der Waals surface area contributed by atoms with Crippen molar-refractivity contribution < 1.29 is 4.39 Å². The quantitative estimate of drug-likeness (QED) is 0.926. The molecule has 1 aromatic heterocycles. The van der Waals surface area contributed by atoms with Gasteiger partial charge in [0.15, 0.2) is 0 Å². The number of nitrogens with one attached hydrogen (secondary N) is 1. The normalized spacial score (nSPS) is 16.1. The molecular weight excluding hydrogens is 271 g/mol. The Morgan fingerprint density at radius 2 is 2.20 bits per heavy atom. The molecule has 1 aliphatic heterocycles. The van der Waals surface area contributed by atoms with Crippen molar-refractivity contribution in [2.75, 3.05) is 18.5 Å². The van der Waals surface area contributed by atoms with Crippen LogP contribution in [0.1, 0.15) is 29.0 Å². The highest BCUT2D eigenvalue weighted by Crippen LogP contribution is 2.33. The van der Waals surface area contributed by atoms with Gasteiger partial charge >= 0.3 is 0 Å². The summed E-state index contributed by atoms with van der Waals surface area (Å²) in [4.78, 5) is 3.77. The Kier molecular flexibility index (Phi) is 3.76. The molecule has 106 valence electrons. The van der Waals surface area contributed by atoms with E-state index in [1.165, 1.54) is 10.4 Å². The molecule has 2 nitrogen and oxygen atoms in total. The van der Waals surface area contributed by atoms with Gasteiger partial charge in [0.05, 0.1) is 0 Å². The fourth-order valence-electron chi connectivity index (χ4n) is 2.83. The van der Waals surface area contributed by atoms with Crippen molar-refractivity contribution in [2.45, 2.75) is 25.9 Å². The number of fused-ring (bicyclic) bond motifs is 1. The van der Waals surface area contributed by atoms with E-state index in [-0.39, 0.29) is 11.9 Å². The summed E-state index contributed by atoms with van der Waals surface area (Å²) in [6, 6.07) is 7.58. The first-order valence-electron chi connectivity index (χ1n) is 6.96. The van der Waals surface area contributed by atoms with Crippen LogP contribution < -0.4 is 10.2 Å². The second kappa shape index (κ2) is 5.54. The molecule has 1 aliphatic rings. The fraction of sp³-hybridized carbons (Fsp3) is 0.375. The molecule has 2 heterocycles. The second-order valence-corrected chi connectivity index (χ2v) is 6.22. The number of hydrogen-bond donors (Lipinski definition) is 1. The Bertz CT molecular complexity index is 608. The number of hydrogen-bond acceptors (Lipinski definition) is 3. The van der Waals surface area contributed by atoms with E-state index in [1.54, 1.807) is 12.1 Å². The summed E-state index contributed by atoms with van der Waals surface area (Å²) in [5.41, 5.74) is 3.17. The predicted molar refractivity (Wildman–Crippen MR) is 82.9 cm³/mol. The first-order chi connectivity index (χ1) is 9.70. The fourth-order valence-corrected chi connectivity index (χ4v) is 3.72. The minimum Gasteiger partial charge on any atom is -0.366 e.